The standard InChI is InChI=1S/C12H20O12/c13-3-2(23-11(21)7(17)4(3)14)1-22-12-8(18)5(15)6(16)9(24-12)10(19)20/h2-9,11-18,21H,1H2,(H,19,20)/t2-,3-,4+,5+,6+,7-,8-,9+,11+,12+/m1/s1. The van der Waals surface area contributed by atoms with Gasteiger partial charge >= 0.3 is 5.97 Å². The Balaban J connectivity index is 1.98. The molecule has 2 heterocycles. The lowest BCUT2D eigenvalue weighted by Crippen LogP contribution is -2.62. The number of hydrogen-bond acceptors (Lipinski definition) is 11. The van der Waals surface area contributed by atoms with Crippen LogP contribution in [0.15, 0.2) is 0 Å². The molecule has 0 amide bonds. The van der Waals surface area contributed by atoms with Crippen molar-refractivity contribution in [2.24, 2.45) is 0 Å². The van der Waals surface area contributed by atoms with E-state index in [1.165, 1.54) is 0 Å². The molecule has 0 saturated carbocycles. The summed E-state index contributed by atoms with van der Waals surface area (Å²) >= 11 is 0. The molecule has 2 fully saturated rings. The molecular formula is C12H20O12. The third-order valence-corrected chi connectivity index (χ3v) is 3.92. The molecule has 8 N–H and O–H groups in total. The van der Waals surface area contributed by atoms with Gasteiger partial charge in [-0.05, 0) is 0 Å². The van der Waals surface area contributed by atoms with Crippen molar-refractivity contribution in [2.45, 2.75) is 61.4 Å². The van der Waals surface area contributed by atoms with Crippen molar-refractivity contribution in [3.63, 3.8) is 0 Å². The molecule has 10 atom stereocenters. The summed E-state index contributed by atoms with van der Waals surface area (Å²) in [5.74, 6) is -1.59. The van der Waals surface area contributed by atoms with Crippen LogP contribution in [-0.2, 0) is 19.0 Å². The Hall–Kier alpha value is -0.930. The number of carboxylic acids is 1. The highest BCUT2D eigenvalue weighted by Crippen LogP contribution is 2.25. The van der Waals surface area contributed by atoms with E-state index in [0.717, 1.165) is 0 Å². The van der Waals surface area contributed by atoms with Gasteiger partial charge in [-0.2, -0.15) is 0 Å². The van der Waals surface area contributed by atoms with E-state index in [2.05, 4.69) is 0 Å². The van der Waals surface area contributed by atoms with Crippen LogP contribution in [-0.4, -0.2) is 115 Å². The molecule has 2 rings (SSSR count). The first kappa shape index (κ1) is 19.4. The van der Waals surface area contributed by atoms with Gasteiger partial charge in [0.15, 0.2) is 18.7 Å². The number of carboxylic acid groups (broad SMARTS) is 1. The second-order valence-electron chi connectivity index (χ2n) is 5.61. The lowest BCUT2D eigenvalue weighted by Gasteiger charge is -2.41. The Morgan fingerprint density at radius 3 is 1.96 bits per heavy atom. The van der Waals surface area contributed by atoms with Crippen molar-refractivity contribution in [1.29, 1.82) is 0 Å². The van der Waals surface area contributed by atoms with Gasteiger partial charge in [-0.15, -0.1) is 0 Å². The van der Waals surface area contributed by atoms with Crippen LogP contribution < -0.4 is 0 Å². The maximum absolute atomic E-state index is 11.0. The van der Waals surface area contributed by atoms with Crippen LogP contribution in [0.1, 0.15) is 0 Å². The van der Waals surface area contributed by atoms with Gasteiger partial charge < -0.3 is 55.1 Å². The summed E-state index contributed by atoms with van der Waals surface area (Å²) in [5.41, 5.74) is 0. The predicted molar refractivity (Wildman–Crippen MR) is 69.2 cm³/mol. The number of rotatable bonds is 4. The van der Waals surface area contributed by atoms with E-state index in [9.17, 15) is 40.5 Å². The maximum Gasteiger partial charge on any atom is 0.335 e. The van der Waals surface area contributed by atoms with Gasteiger partial charge in [-0.1, -0.05) is 0 Å². The van der Waals surface area contributed by atoms with E-state index >= 15 is 0 Å². The molecule has 24 heavy (non-hydrogen) atoms. The molecule has 12 heteroatoms. The van der Waals surface area contributed by atoms with E-state index in [4.69, 9.17) is 19.3 Å². The summed E-state index contributed by atoms with van der Waals surface area (Å²) in [5, 5.41) is 75.8. The molecule has 2 aliphatic heterocycles. The van der Waals surface area contributed by atoms with Gasteiger partial charge in [0.25, 0.3) is 0 Å². The first-order valence-electron chi connectivity index (χ1n) is 7.07. The molecule has 0 aromatic heterocycles. The van der Waals surface area contributed by atoms with Crippen LogP contribution >= 0.6 is 0 Å². The summed E-state index contributed by atoms with van der Waals surface area (Å²) in [7, 11) is 0. The zero-order valence-electron chi connectivity index (χ0n) is 12.2. The van der Waals surface area contributed by atoms with Gasteiger partial charge in [0, 0.05) is 0 Å². The number of ether oxygens (including phenoxy) is 3. The van der Waals surface area contributed by atoms with E-state index in [1.807, 2.05) is 0 Å². The molecule has 2 aliphatic rings. The zero-order valence-corrected chi connectivity index (χ0v) is 12.2. The van der Waals surface area contributed by atoms with E-state index in [1.54, 1.807) is 0 Å². The molecule has 0 radical (unpaired) electrons. The highest BCUT2D eigenvalue weighted by Gasteiger charge is 2.49. The minimum atomic E-state index is -1.88. The topological polar surface area (TPSA) is 207 Å². The van der Waals surface area contributed by atoms with Crippen molar-refractivity contribution in [3.8, 4) is 0 Å². The van der Waals surface area contributed by atoms with Crippen LogP contribution in [0.2, 0.25) is 0 Å². The third-order valence-electron chi connectivity index (χ3n) is 3.92. The number of carbonyl (C=O) groups is 1. The van der Waals surface area contributed by atoms with Gasteiger partial charge in [-0.3, -0.25) is 0 Å². The van der Waals surface area contributed by atoms with Crippen molar-refractivity contribution < 1.29 is 59.9 Å². The van der Waals surface area contributed by atoms with E-state index in [0.29, 0.717) is 0 Å². The van der Waals surface area contributed by atoms with Crippen molar-refractivity contribution in [1.82, 2.24) is 0 Å². The molecule has 0 aromatic rings. The lowest BCUT2D eigenvalue weighted by atomic mass is 9.98. The first-order valence-corrected chi connectivity index (χ1v) is 7.07. The predicted octanol–water partition coefficient (Wildman–Crippen LogP) is -5.30. The molecule has 0 bridgehead atoms. The average Bonchev–Trinajstić information content (AvgIpc) is 2.54. The van der Waals surface area contributed by atoms with Crippen LogP contribution in [0.25, 0.3) is 0 Å². The smallest absolute Gasteiger partial charge is 0.335 e. The quantitative estimate of drug-likeness (QED) is 0.238. The number of aliphatic hydroxyl groups excluding tert-OH is 7. The molecule has 140 valence electrons. The molecule has 0 spiro atoms. The lowest BCUT2D eigenvalue weighted by molar-refractivity contribution is -0.321. The fourth-order valence-electron chi connectivity index (χ4n) is 2.45. The molecule has 2 saturated heterocycles. The Kier molecular flexibility index (Phi) is 6.09. The Morgan fingerprint density at radius 1 is 0.792 bits per heavy atom. The number of hydrogen-bond donors (Lipinski definition) is 8. The van der Waals surface area contributed by atoms with Gasteiger partial charge in [-0.25, -0.2) is 4.79 Å². The van der Waals surface area contributed by atoms with Crippen LogP contribution in [0.4, 0.5) is 0 Å². The highest BCUT2D eigenvalue weighted by atomic mass is 16.7. The summed E-state index contributed by atoms with van der Waals surface area (Å²) in [6, 6.07) is 0. The second kappa shape index (κ2) is 7.53. The summed E-state index contributed by atoms with van der Waals surface area (Å²) in [6.45, 7) is -0.584. The molecule has 0 aliphatic carbocycles. The van der Waals surface area contributed by atoms with E-state index < -0.39 is 74.0 Å². The first-order chi connectivity index (χ1) is 11.1. The maximum atomic E-state index is 11.0. The summed E-state index contributed by atoms with van der Waals surface area (Å²) in [4.78, 5) is 11.0. The van der Waals surface area contributed by atoms with Crippen molar-refractivity contribution in [3.05, 3.63) is 0 Å². The van der Waals surface area contributed by atoms with Crippen molar-refractivity contribution in [2.75, 3.05) is 6.61 Å². The average molecular weight is 356 g/mol. The number of aliphatic carboxylic acids is 1. The van der Waals surface area contributed by atoms with Gasteiger partial charge in [0.2, 0.25) is 0 Å². The zero-order chi connectivity index (χ0) is 18.2. The minimum absolute atomic E-state index is 0.584. The normalized spacial score (nSPS) is 49.8. The summed E-state index contributed by atoms with van der Waals surface area (Å²) in [6.07, 6.45) is -17.3. The van der Waals surface area contributed by atoms with Crippen molar-refractivity contribution >= 4 is 5.97 Å². The molecule has 12 nitrogen and oxygen atoms in total. The van der Waals surface area contributed by atoms with Gasteiger partial charge in [0.1, 0.15) is 42.7 Å². The minimum Gasteiger partial charge on any atom is -0.479 e. The van der Waals surface area contributed by atoms with Crippen LogP contribution in [0.3, 0.4) is 0 Å². The second-order valence-corrected chi connectivity index (χ2v) is 5.61. The largest absolute Gasteiger partial charge is 0.479 e. The molecule has 0 aromatic carbocycles. The van der Waals surface area contributed by atoms with Crippen LogP contribution in [0, 0.1) is 0 Å². The summed E-state index contributed by atoms with van der Waals surface area (Å²) < 4.78 is 14.7. The van der Waals surface area contributed by atoms with Gasteiger partial charge in [0.05, 0.1) is 6.61 Å². The fourth-order valence-corrected chi connectivity index (χ4v) is 2.45. The van der Waals surface area contributed by atoms with E-state index in [-0.39, 0.29) is 0 Å². The SMILES string of the molecule is O=C(O)[C@H]1O[C@H](OC[C@H]2O[C@H](O)[C@H](O)[C@@H](O)[C@@H]2O)[C@H](O)[C@@H](O)[C@@H]1O. The highest BCUT2D eigenvalue weighted by molar-refractivity contribution is 5.73. The molecule has 0 unspecified atom stereocenters. The number of aliphatic hydroxyl groups is 7. The fraction of sp³-hybridized carbons (Fsp3) is 0.917. The Morgan fingerprint density at radius 2 is 1.38 bits per heavy atom. The Labute approximate surface area is 135 Å². The Bertz CT molecular complexity index is 446. The monoisotopic (exact) mass is 356 g/mol. The van der Waals surface area contributed by atoms with Crippen LogP contribution in [0.5, 0.6) is 0 Å². The third kappa shape index (κ3) is 3.67. The molecular weight excluding hydrogens is 336 g/mol.